The summed E-state index contributed by atoms with van der Waals surface area (Å²) >= 11 is 3.65. The van der Waals surface area contributed by atoms with Crippen molar-refractivity contribution in [2.75, 3.05) is 5.75 Å². The van der Waals surface area contributed by atoms with Gasteiger partial charge in [-0.05, 0) is 25.2 Å². The number of hydrogen-bond donors (Lipinski definition) is 13. The third kappa shape index (κ3) is 29.9. The fourth-order valence-corrected chi connectivity index (χ4v) is 2.05. The van der Waals surface area contributed by atoms with Gasteiger partial charge in [0, 0.05) is 18.4 Å². The Hall–Kier alpha value is -3.33. The van der Waals surface area contributed by atoms with Gasteiger partial charge in [0.1, 0.15) is 30.2 Å². The second-order valence-corrected chi connectivity index (χ2v) is 9.99. The van der Waals surface area contributed by atoms with E-state index >= 15 is 0 Å². The Morgan fingerprint density at radius 1 is 0.744 bits per heavy atom. The van der Waals surface area contributed by atoms with E-state index in [1.54, 1.807) is 20.0 Å². The molecule has 43 heavy (non-hydrogen) atoms. The zero-order valence-corrected chi connectivity index (χ0v) is 25.8. The number of aromatic amines is 1. The van der Waals surface area contributed by atoms with E-state index in [1.807, 2.05) is 13.8 Å². The monoisotopic (exact) mass is 643 g/mol. The lowest BCUT2D eigenvalue weighted by molar-refractivity contribution is -0.141. The molecule has 1 aromatic heterocycles. The number of nitrogens with zero attached hydrogens (tertiary/aromatic N) is 1. The molecular formula is C24H49N7O11S. The molecule has 0 fully saturated rings. The van der Waals surface area contributed by atoms with E-state index in [0.29, 0.717) is 18.0 Å². The van der Waals surface area contributed by atoms with Crippen molar-refractivity contribution in [2.24, 2.45) is 40.5 Å². The molecule has 6 atom stereocenters. The Kier molecular flexibility index (Phi) is 28.5. The van der Waals surface area contributed by atoms with Gasteiger partial charge in [0.25, 0.3) is 0 Å². The average Bonchev–Trinajstić information content (AvgIpc) is 3.40. The Balaban J connectivity index is -0.000000223. The molecule has 19 heteroatoms. The summed E-state index contributed by atoms with van der Waals surface area (Å²) in [5.41, 5.74) is 26.1. The number of thiol groups is 1. The molecule has 0 aliphatic heterocycles. The number of carboxylic acids is 5. The Morgan fingerprint density at radius 3 is 1.30 bits per heavy atom. The predicted octanol–water partition coefficient (Wildman–Crippen LogP) is -2.03. The number of carboxylic acid groups (broad SMARTS) is 5. The summed E-state index contributed by atoms with van der Waals surface area (Å²) in [5.74, 6) is -4.47. The summed E-state index contributed by atoms with van der Waals surface area (Å²) in [7, 11) is 0. The first kappa shape index (κ1) is 46.6. The molecule has 1 aromatic rings. The molecule has 0 bridgehead atoms. The highest BCUT2D eigenvalue weighted by molar-refractivity contribution is 7.80. The van der Waals surface area contributed by atoms with Crippen LogP contribution in [0.1, 0.15) is 46.7 Å². The lowest BCUT2D eigenvalue weighted by Crippen LogP contribution is -2.39. The maximum absolute atomic E-state index is 10.3. The van der Waals surface area contributed by atoms with Crippen molar-refractivity contribution >= 4 is 42.5 Å². The van der Waals surface area contributed by atoms with Crippen molar-refractivity contribution in [1.82, 2.24) is 9.97 Å². The highest BCUT2D eigenvalue weighted by atomic mass is 32.1. The van der Waals surface area contributed by atoms with Gasteiger partial charge in [-0.25, -0.2) is 4.98 Å². The molecule has 252 valence electrons. The van der Waals surface area contributed by atoms with Crippen LogP contribution in [0.25, 0.3) is 0 Å². The summed E-state index contributed by atoms with van der Waals surface area (Å²) in [6.45, 7) is 8.78. The van der Waals surface area contributed by atoms with Gasteiger partial charge in [0.2, 0.25) is 0 Å². The van der Waals surface area contributed by atoms with E-state index in [-0.39, 0.29) is 18.1 Å². The Labute approximate surface area is 255 Å². The number of aliphatic hydroxyl groups is 1. The van der Waals surface area contributed by atoms with E-state index in [9.17, 15) is 24.0 Å². The van der Waals surface area contributed by atoms with Gasteiger partial charge in [-0.15, -0.1) is 0 Å². The normalized spacial score (nSPS) is 14.2. The molecule has 0 radical (unpaired) electrons. The number of H-pyrrole nitrogens is 1. The van der Waals surface area contributed by atoms with Crippen LogP contribution in [0.15, 0.2) is 12.5 Å². The van der Waals surface area contributed by atoms with Crippen molar-refractivity contribution in [2.45, 2.75) is 83.8 Å². The second-order valence-electron chi connectivity index (χ2n) is 9.62. The maximum Gasteiger partial charge on any atom is 0.323 e. The molecule has 0 aliphatic carbocycles. The molecule has 0 spiro atoms. The molecule has 1 rings (SSSR count). The molecular weight excluding hydrogens is 594 g/mol. The number of nitrogens with two attached hydrogens (primary N) is 5. The minimum Gasteiger partial charge on any atom is -0.480 e. The second kappa shape index (κ2) is 26.3. The van der Waals surface area contributed by atoms with Crippen LogP contribution in [0.4, 0.5) is 0 Å². The summed E-state index contributed by atoms with van der Waals surface area (Å²) in [5, 5.41) is 49.5. The van der Waals surface area contributed by atoms with Gasteiger partial charge >= 0.3 is 29.8 Å². The smallest absolute Gasteiger partial charge is 0.323 e. The first-order valence-electron chi connectivity index (χ1n) is 12.7. The maximum atomic E-state index is 10.3. The molecule has 0 amide bonds. The van der Waals surface area contributed by atoms with Crippen LogP contribution < -0.4 is 28.7 Å². The van der Waals surface area contributed by atoms with Crippen LogP contribution in [0.5, 0.6) is 0 Å². The summed E-state index contributed by atoms with van der Waals surface area (Å²) in [6, 6.07) is -4.24. The number of rotatable bonds is 12. The molecule has 0 aliphatic rings. The van der Waals surface area contributed by atoms with Crippen LogP contribution in [-0.2, 0) is 30.4 Å². The van der Waals surface area contributed by atoms with Crippen LogP contribution in [0.3, 0.4) is 0 Å². The molecule has 18 nitrogen and oxygen atoms in total. The van der Waals surface area contributed by atoms with Crippen LogP contribution in [-0.4, -0.2) is 113 Å². The zero-order chi connectivity index (χ0) is 35.0. The van der Waals surface area contributed by atoms with E-state index in [2.05, 4.69) is 22.6 Å². The molecule has 0 saturated heterocycles. The number of aliphatic hydroxyl groups excluding tert-OH is 1. The van der Waals surface area contributed by atoms with Crippen LogP contribution in [0.2, 0.25) is 0 Å². The largest absolute Gasteiger partial charge is 0.480 e. The molecule has 0 aromatic carbocycles. The predicted molar refractivity (Wildman–Crippen MR) is 160 cm³/mol. The SMILES string of the molecule is CC(C)C[C@H](N)C(=O)O.CC(C)[C@H](N)C(=O)O.C[C@@H](O)[C@H](N)C(=O)O.N[C@@H](CS)C(=O)O.N[C@@H](Cc1c[nH]cn1)C(=O)O. The van der Waals surface area contributed by atoms with Crippen molar-refractivity contribution in [3.63, 3.8) is 0 Å². The van der Waals surface area contributed by atoms with Gasteiger partial charge in [0.05, 0.1) is 18.1 Å². The quantitative estimate of drug-likeness (QED) is 0.109. The number of nitrogens with one attached hydrogen (secondary N) is 1. The van der Waals surface area contributed by atoms with E-state index in [0.717, 1.165) is 0 Å². The molecule has 1 heterocycles. The lowest BCUT2D eigenvalue weighted by Gasteiger charge is -2.07. The van der Waals surface area contributed by atoms with Crippen LogP contribution in [0, 0.1) is 11.8 Å². The van der Waals surface area contributed by atoms with Gasteiger partial charge in [0.15, 0.2) is 0 Å². The molecule has 0 saturated carbocycles. The lowest BCUT2D eigenvalue weighted by atomic mass is 10.1. The summed E-state index contributed by atoms with van der Waals surface area (Å²) in [6.07, 6.45) is 2.95. The number of carbonyl (C=O) groups is 5. The number of aromatic nitrogens is 2. The number of hydrogen-bond acceptors (Lipinski definition) is 13. The minimum absolute atomic E-state index is 0.0208. The third-order valence-electron chi connectivity index (χ3n) is 4.67. The van der Waals surface area contributed by atoms with E-state index in [1.165, 1.54) is 13.3 Å². The third-order valence-corrected chi connectivity index (χ3v) is 5.06. The van der Waals surface area contributed by atoms with Crippen molar-refractivity contribution in [1.29, 1.82) is 0 Å². The summed E-state index contributed by atoms with van der Waals surface area (Å²) < 4.78 is 0. The Bertz CT molecular complexity index is 895. The first-order valence-corrected chi connectivity index (χ1v) is 13.3. The molecule has 0 unspecified atom stereocenters. The molecule has 17 N–H and O–H groups in total. The van der Waals surface area contributed by atoms with E-state index < -0.39 is 66.2 Å². The number of aliphatic carboxylic acids is 5. The van der Waals surface area contributed by atoms with Crippen molar-refractivity contribution in [3.8, 4) is 0 Å². The fourth-order valence-electron chi connectivity index (χ4n) is 1.89. The minimum atomic E-state index is -1.18. The van der Waals surface area contributed by atoms with Gasteiger partial charge < -0.3 is 64.3 Å². The standard InChI is InChI=1S/C6H9N3O2.C6H13NO2.C5H11NO2.C4H9NO3.C3H7NO2S/c7-5(6(10)11)1-4-2-8-3-9-4;1-4(2)3-5(7)6(8)9;1-3(2)4(6)5(7)8;1-2(6)3(5)4(7)8;4-2(1-7)3(5)6/h2-3,5H,1,7H2,(H,8,9)(H,10,11);4-5H,3,7H2,1-2H3,(H,8,9);3-4H,6H2,1-2H3,(H,7,8);2-3,6H,5H2,1H3,(H,7,8);2,7H,1,4H2,(H,5,6)/t2*5-;4-;2-,3+;2-/m00010/s1. The van der Waals surface area contributed by atoms with E-state index in [4.69, 9.17) is 59.3 Å². The zero-order valence-electron chi connectivity index (χ0n) is 24.9. The highest BCUT2D eigenvalue weighted by Crippen LogP contribution is 2.01. The average molecular weight is 644 g/mol. The topological polar surface area (TPSA) is 366 Å². The first-order chi connectivity index (χ1) is 19.5. The summed E-state index contributed by atoms with van der Waals surface area (Å²) in [4.78, 5) is 56.6. The fraction of sp³-hybridized carbons (Fsp3) is 0.667. The highest BCUT2D eigenvalue weighted by Gasteiger charge is 2.16. The van der Waals surface area contributed by atoms with Crippen LogP contribution >= 0.6 is 12.6 Å². The van der Waals surface area contributed by atoms with Gasteiger partial charge in [-0.2, -0.15) is 12.6 Å². The van der Waals surface area contributed by atoms with Crippen molar-refractivity contribution < 1.29 is 54.6 Å². The number of imidazole rings is 1. The Morgan fingerprint density at radius 2 is 1.16 bits per heavy atom. The van der Waals surface area contributed by atoms with Crippen molar-refractivity contribution in [3.05, 3.63) is 18.2 Å². The van der Waals surface area contributed by atoms with Gasteiger partial charge in [-0.1, -0.05) is 27.7 Å². The van der Waals surface area contributed by atoms with Gasteiger partial charge in [-0.3, -0.25) is 24.0 Å².